The highest BCUT2D eigenvalue weighted by Gasteiger charge is 2.41. The number of nitrogens with one attached hydrogen (secondary N) is 1. The largest absolute Gasteiger partial charge is 0.382 e. The standard InChI is InChI=1S/C15H22BrN3O/c1-2-5-15(6-7-15)10-17-12-8-18-19(9-11-3-4-11)14(20)13(12)16/h8,11,17H,2-7,9-10H2,1H3. The lowest BCUT2D eigenvalue weighted by molar-refractivity contribution is 0.484. The molecule has 1 aromatic rings. The molecule has 3 rings (SSSR count). The van der Waals surface area contributed by atoms with Crippen LogP contribution in [-0.2, 0) is 6.54 Å². The van der Waals surface area contributed by atoms with Gasteiger partial charge in [0.25, 0.3) is 5.56 Å². The molecule has 2 aliphatic carbocycles. The van der Waals surface area contributed by atoms with Crippen LogP contribution >= 0.6 is 15.9 Å². The molecule has 0 aromatic carbocycles. The first-order chi connectivity index (χ1) is 9.63. The monoisotopic (exact) mass is 339 g/mol. The van der Waals surface area contributed by atoms with Gasteiger partial charge in [0, 0.05) is 13.1 Å². The van der Waals surface area contributed by atoms with Gasteiger partial charge >= 0.3 is 0 Å². The quantitative estimate of drug-likeness (QED) is 0.827. The predicted octanol–water partition coefficient (Wildman–Crippen LogP) is 3.41. The molecule has 0 bridgehead atoms. The molecule has 2 fully saturated rings. The van der Waals surface area contributed by atoms with Crippen molar-refractivity contribution < 1.29 is 0 Å². The summed E-state index contributed by atoms with van der Waals surface area (Å²) in [6.45, 7) is 3.95. The smallest absolute Gasteiger partial charge is 0.283 e. The van der Waals surface area contributed by atoms with Crippen molar-refractivity contribution in [3.05, 3.63) is 21.0 Å². The summed E-state index contributed by atoms with van der Waals surface area (Å²) < 4.78 is 2.21. The van der Waals surface area contributed by atoms with Crippen LogP contribution < -0.4 is 10.9 Å². The average Bonchev–Trinajstić information content (AvgIpc) is 3.32. The van der Waals surface area contributed by atoms with Crippen LogP contribution in [0.5, 0.6) is 0 Å². The molecular weight excluding hydrogens is 318 g/mol. The van der Waals surface area contributed by atoms with Crippen molar-refractivity contribution in [3.63, 3.8) is 0 Å². The fraction of sp³-hybridized carbons (Fsp3) is 0.733. The second-order valence-electron chi connectivity index (χ2n) is 6.41. The molecule has 2 aliphatic rings. The zero-order chi connectivity index (χ0) is 14.2. The highest BCUT2D eigenvalue weighted by molar-refractivity contribution is 9.10. The van der Waals surface area contributed by atoms with E-state index < -0.39 is 0 Å². The third-order valence-electron chi connectivity index (χ3n) is 4.50. The molecule has 2 saturated carbocycles. The molecule has 0 spiro atoms. The summed E-state index contributed by atoms with van der Waals surface area (Å²) in [5.41, 5.74) is 1.29. The van der Waals surface area contributed by atoms with Crippen LogP contribution in [0.15, 0.2) is 15.5 Å². The van der Waals surface area contributed by atoms with Gasteiger partial charge in [-0.1, -0.05) is 13.3 Å². The Kier molecular flexibility index (Phi) is 3.89. The van der Waals surface area contributed by atoms with Gasteiger partial charge in [-0.25, -0.2) is 4.68 Å². The lowest BCUT2D eigenvalue weighted by Crippen LogP contribution is -2.26. The zero-order valence-electron chi connectivity index (χ0n) is 12.0. The van der Waals surface area contributed by atoms with Crippen molar-refractivity contribution in [3.8, 4) is 0 Å². The van der Waals surface area contributed by atoms with E-state index in [1.165, 1.54) is 38.5 Å². The number of hydrogen-bond acceptors (Lipinski definition) is 3. The number of aromatic nitrogens is 2. The van der Waals surface area contributed by atoms with E-state index in [4.69, 9.17) is 0 Å². The van der Waals surface area contributed by atoms with Crippen molar-refractivity contribution in [2.24, 2.45) is 11.3 Å². The average molecular weight is 340 g/mol. The van der Waals surface area contributed by atoms with Crippen molar-refractivity contribution >= 4 is 21.6 Å². The van der Waals surface area contributed by atoms with Crippen molar-refractivity contribution in [2.45, 2.75) is 52.0 Å². The molecule has 0 amide bonds. The lowest BCUT2D eigenvalue weighted by atomic mass is 10.0. The first-order valence-corrected chi connectivity index (χ1v) is 8.42. The molecule has 20 heavy (non-hydrogen) atoms. The molecule has 0 saturated heterocycles. The van der Waals surface area contributed by atoms with Gasteiger partial charge in [0.1, 0.15) is 4.47 Å². The molecule has 5 heteroatoms. The normalized spacial score (nSPS) is 19.9. The number of anilines is 1. The lowest BCUT2D eigenvalue weighted by Gasteiger charge is -2.16. The Balaban J connectivity index is 1.67. The van der Waals surface area contributed by atoms with Crippen LogP contribution in [0.2, 0.25) is 0 Å². The summed E-state index contributed by atoms with van der Waals surface area (Å²) in [6, 6.07) is 0. The minimum Gasteiger partial charge on any atom is -0.382 e. The molecule has 0 radical (unpaired) electrons. The van der Waals surface area contributed by atoms with E-state index in [2.05, 4.69) is 33.3 Å². The van der Waals surface area contributed by atoms with Gasteiger partial charge in [0.05, 0.1) is 11.9 Å². The Hall–Kier alpha value is -0.840. The van der Waals surface area contributed by atoms with Crippen LogP contribution in [0.1, 0.15) is 45.4 Å². The summed E-state index contributed by atoms with van der Waals surface area (Å²) in [4.78, 5) is 12.2. The number of halogens is 1. The predicted molar refractivity (Wildman–Crippen MR) is 84.0 cm³/mol. The van der Waals surface area contributed by atoms with Gasteiger partial charge < -0.3 is 5.32 Å². The van der Waals surface area contributed by atoms with Crippen LogP contribution in [0.3, 0.4) is 0 Å². The van der Waals surface area contributed by atoms with Gasteiger partial charge in [-0.3, -0.25) is 4.79 Å². The maximum atomic E-state index is 12.2. The Morgan fingerprint density at radius 3 is 2.85 bits per heavy atom. The van der Waals surface area contributed by atoms with Crippen molar-refractivity contribution in [1.82, 2.24) is 9.78 Å². The second-order valence-corrected chi connectivity index (χ2v) is 7.20. The Bertz CT molecular complexity index is 547. The van der Waals surface area contributed by atoms with Crippen LogP contribution in [0.4, 0.5) is 5.69 Å². The zero-order valence-corrected chi connectivity index (χ0v) is 13.6. The highest BCUT2D eigenvalue weighted by Crippen LogP contribution is 2.49. The number of rotatable bonds is 7. The van der Waals surface area contributed by atoms with Gasteiger partial charge in [-0.15, -0.1) is 0 Å². The second kappa shape index (κ2) is 5.51. The number of nitrogens with zero attached hydrogens (tertiary/aromatic N) is 2. The van der Waals surface area contributed by atoms with E-state index in [-0.39, 0.29) is 5.56 Å². The minimum atomic E-state index is -0.0118. The molecule has 1 N–H and O–H groups in total. The maximum Gasteiger partial charge on any atom is 0.283 e. The topological polar surface area (TPSA) is 46.9 Å². The molecular formula is C15H22BrN3O. The third kappa shape index (κ3) is 3.08. The fourth-order valence-corrected chi connectivity index (χ4v) is 3.22. The van der Waals surface area contributed by atoms with Crippen LogP contribution in [0.25, 0.3) is 0 Å². The summed E-state index contributed by atoms with van der Waals surface area (Å²) >= 11 is 3.43. The van der Waals surface area contributed by atoms with Gasteiger partial charge in [-0.05, 0) is 59.4 Å². The van der Waals surface area contributed by atoms with E-state index in [9.17, 15) is 4.79 Å². The summed E-state index contributed by atoms with van der Waals surface area (Å²) in [7, 11) is 0. The third-order valence-corrected chi connectivity index (χ3v) is 5.27. The fourth-order valence-electron chi connectivity index (χ4n) is 2.77. The van der Waals surface area contributed by atoms with Crippen molar-refractivity contribution in [1.29, 1.82) is 0 Å². The summed E-state index contributed by atoms with van der Waals surface area (Å²) in [6.07, 6.45) is 9.34. The van der Waals surface area contributed by atoms with E-state index in [1.54, 1.807) is 10.9 Å². The van der Waals surface area contributed by atoms with Gasteiger partial charge in [0.15, 0.2) is 0 Å². The SMILES string of the molecule is CCCC1(CNc2cnn(CC3CC3)c(=O)c2Br)CC1. The van der Waals surface area contributed by atoms with Crippen LogP contribution in [-0.4, -0.2) is 16.3 Å². The molecule has 0 aliphatic heterocycles. The van der Waals surface area contributed by atoms with E-state index in [1.807, 2.05) is 0 Å². The molecule has 110 valence electrons. The first-order valence-electron chi connectivity index (χ1n) is 7.63. The molecule has 0 atom stereocenters. The Morgan fingerprint density at radius 2 is 2.25 bits per heavy atom. The Morgan fingerprint density at radius 1 is 1.50 bits per heavy atom. The van der Waals surface area contributed by atoms with E-state index in [0.29, 0.717) is 15.8 Å². The summed E-state index contributed by atoms with van der Waals surface area (Å²) in [5.74, 6) is 0.658. The molecule has 1 aromatic heterocycles. The highest BCUT2D eigenvalue weighted by atomic mass is 79.9. The maximum absolute atomic E-state index is 12.2. The summed E-state index contributed by atoms with van der Waals surface area (Å²) in [5, 5.41) is 7.71. The van der Waals surface area contributed by atoms with Gasteiger partial charge in [-0.2, -0.15) is 5.10 Å². The number of hydrogen-bond donors (Lipinski definition) is 1. The minimum absolute atomic E-state index is 0.0118. The molecule has 0 unspecified atom stereocenters. The Labute approximate surface area is 128 Å². The van der Waals surface area contributed by atoms with Gasteiger partial charge in [0.2, 0.25) is 0 Å². The first kappa shape index (κ1) is 14.1. The van der Waals surface area contributed by atoms with Crippen molar-refractivity contribution in [2.75, 3.05) is 11.9 Å². The van der Waals surface area contributed by atoms with Crippen LogP contribution in [0, 0.1) is 11.3 Å². The van der Waals surface area contributed by atoms with E-state index in [0.717, 1.165) is 18.8 Å². The molecule has 4 nitrogen and oxygen atoms in total. The van der Waals surface area contributed by atoms with E-state index >= 15 is 0 Å². The molecule has 1 heterocycles.